The fourth-order valence-electron chi connectivity index (χ4n) is 3.51. The second-order valence-electron chi connectivity index (χ2n) is 7.05. The summed E-state index contributed by atoms with van der Waals surface area (Å²) in [5.41, 5.74) is 2.01. The molecule has 8 heteroatoms. The van der Waals surface area contributed by atoms with E-state index >= 15 is 0 Å². The van der Waals surface area contributed by atoms with Crippen molar-refractivity contribution in [3.63, 3.8) is 0 Å². The van der Waals surface area contributed by atoms with Gasteiger partial charge in [-0.1, -0.05) is 18.2 Å². The van der Waals surface area contributed by atoms with Gasteiger partial charge in [-0.3, -0.25) is 9.79 Å². The first-order chi connectivity index (χ1) is 14.7. The van der Waals surface area contributed by atoms with E-state index in [1.807, 2.05) is 43.3 Å². The van der Waals surface area contributed by atoms with Gasteiger partial charge in [-0.15, -0.1) is 0 Å². The van der Waals surface area contributed by atoms with Gasteiger partial charge in [0.1, 0.15) is 12.4 Å². The molecule has 0 fully saturated rings. The lowest BCUT2D eigenvalue weighted by molar-refractivity contribution is -0.116. The molecule has 0 aliphatic carbocycles. The molecule has 0 radical (unpaired) electrons. The predicted octanol–water partition coefficient (Wildman–Crippen LogP) is 2.48. The van der Waals surface area contributed by atoms with Crippen LogP contribution in [0.3, 0.4) is 0 Å². The Hall–Kier alpha value is -3.42. The predicted molar refractivity (Wildman–Crippen MR) is 114 cm³/mol. The number of fused-ring (bicyclic) bond motifs is 2. The van der Waals surface area contributed by atoms with Crippen LogP contribution in [0, 0.1) is 0 Å². The zero-order chi connectivity index (χ0) is 20.8. The molecule has 0 saturated heterocycles. The molecule has 30 heavy (non-hydrogen) atoms. The lowest BCUT2D eigenvalue weighted by Gasteiger charge is -2.24. The highest BCUT2D eigenvalue weighted by molar-refractivity contribution is 5.94. The molecule has 0 bridgehead atoms. The van der Waals surface area contributed by atoms with Crippen LogP contribution in [0.2, 0.25) is 0 Å². The van der Waals surface area contributed by atoms with Crippen molar-refractivity contribution < 1.29 is 19.0 Å². The Morgan fingerprint density at radius 2 is 2.07 bits per heavy atom. The molecular formula is C22H26N4O4. The van der Waals surface area contributed by atoms with E-state index in [1.54, 1.807) is 0 Å². The quantitative estimate of drug-likeness (QED) is 0.369. The van der Waals surface area contributed by atoms with Crippen molar-refractivity contribution in [1.29, 1.82) is 0 Å². The maximum atomic E-state index is 12.0. The van der Waals surface area contributed by atoms with Gasteiger partial charge >= 0.3 is 0 Å². The molecule has 3 N–H and O–H groups in total. The standard InChI is InChI=1S/C22H26N4O4/c1-2-23-22(24-9-10-28-16-7-8-19-20(12-16)30-14-29-19)25-13-15-11-21(27)26-18-6-4-3-5-17(15)18/h3-8,12,15H,2,9-11,13-14H2,1H3,(H,26,27)(H2,23,24,25). The summed E-state index contributed by atoms with van der Waals surface area (Å²) in [6.07, 6.45) is 0.438. The second kappa shape index (κ2) is 9.39. The summed E-state index contributed by atoms with van der Waals surface area (Å²) in [5, 5.41) is 9.44. The maximum Gasteiger partial charge on any atom is 0.231 e. The number of guanidine groups is 1. The van der Waals surface area contributed by atoms with Crippen molar-refractivity contribution in [2.45, 2.75) is 19.3 Å². The first-order valence-corrected chi connectivity index (χ1v) is 10.2. The van der Waals surface area contributed by atoms with E-state index in [2.05, 4.69) is 27.0 Å². The molecule has 4 rings (SSSR count). The van der Waals surface area contributed by atoms with E-state index in [0.717, 1.165) is 29.3 Å². The van der Waals surface area contributed by atoms with Gasteiger partial charge in [0.15, 0.2) is 17.5 Å². The van der Waals surface area contributed by atoms with Crippen molar-refractivity contribution in [3.05, 3.63) is 48.0 Å². The van der Waals surface area contributed by atoms with Gasteiger partial charge in [-0.2, -0.15) is 0 Å². The third kappa shape index (κ3) is 4.76. The van der Waals surface area contributed by atoms with Gasteiger partial charge in [-0.05, 0) is 30.7 Å². The molecule has 1 amide bonds. The van der Waals surface area contributed by atoms with Gasteiger partial charge < -0.3 is 30.2 Å². The molecule has 158 valence electrons. The number of aliphatic imine (C=N–C) groups is 1. The number of nitrogens with zero attached hydrogens (tertiary/aromatic N) is 1. The van der Waals surface area contributed by atoms with Crippen LogP contribution in [0.1, 0.15) is 24.8 Å². The Morgan fingerprint density at radius 3 is 2.97 bits per heavy atom. The number of anilines is 1. The third-order valence-corrected chi connectivity index (χ3v) is 4.93. The highest BCUT2D eigenvalue weighted by Crippen LogP contribution is 2.35. The minimum atomic E-state index is 0.0315. The van der Waals surface area contributed by atoms with Gasteiger partial charge in [0, 0.05) is 30.6 Å². The lowest BCUT2D eigenvalue weighted by atomic mass is 9.91. The normalized spacial score (nSPS) is 17.2. The van der Waals surface area contributed by atoms with Crippen LogP contribution in [-0.4, -0.2) is 44.9 Å². The first-order valence-electron chi connectivity index (χ1n) is 10.2. The number of rotatable bonds is 7. The summed E-state index contributed by atoms with van der Waals surface area (Å²) < 4.78 is 16.4. The monoisotopic (exact) mass is 410 g/mol. The topological polar surface area (TPSA) is 93.2 Å². The second-order valence-corrected chi connectivity index (χ2v) is 7.05. The fraction of sp³-hybridized carbons (Fsp3) is 0.364. The van der Waals surface area contributed by atoms with E-state index in [-0.39, 0.29) is 18.6 Å². The molecule has 0 saturated carbocycles. The average Bonchev–Trinajstić information content (AvgIpc) is 3.22. The van der Waals surface area contributed by atoms with E-state index in [4.69, 9.17) is 14.2 Å². The summed E-state index contributed by atoms with van der Waals surface area (Å²) in [4.78, 5) is 16.7. The van der Waals surface area contributed by atoms with Crippen molar-refractivity contribution in [3.8, 4) is 17.2 Å². The molecule has 2 aliphatic rings. The molecule has 0 spiro atoms. The first kappa shape index (κ1) is 19.9. The van der Waals surface area contributed by atoms with Crippen molar-refractivity contribution in [2.75, 3.05) is 38.4 Å². The van der Waals surface area contributed by atoms with Crippen LogP contribution in [0.15, 0.2) is 47.5 Å². The number of carbonyl (C=O) groups excluding carboxylic acids is 1. The summed E-state index contributed by atoms with van der Waals surface area (Å²) in [7, 11) is 0. The Kier molecular flexibility index (Phi) is 6.22. The molecule has 8 nitrogen and oxygen atoms in total. The summed E-state index contributed by atoms with van der Waals surface area (Å²) >= 11 is 0. The highest BCUT2D eigenvalue weighted by atomic mass is 16.7. The zero-order valence-corrected chi connectivity index (χ0v) is 16.9. The van der Waals surface area contributed by atoms with Crippen LogP contribution in [-0.2, 0) is 4.79 Å². The smallest absolute Gasteiger partial charge is 0.231 e. The number of amides is 1. The van der Waals surface area contributed by atoms with E-state index < -0.39 is 0 Å². The zero-order valence-electron chi connectivity index (χ0n) is 16.9. The number of nitrogens with one attached hydrogen (secondary N) is 3. The number of carbonyl (C=O) groups is 1. The summed E-state index contributed by atoms with van der Waals surface area (Å²) in [6.45, 7) is 4.60. The third-order valence-electron chi connectivity index (χ3n) is 4.93. The number of hydrogen-bond donors (Lipinski definition) is 3. The van der Waals surface area contributed by atoms with Gasteiger partial charge in [0.25, 0.3) is 0 Å². The number of benzene rings is 2. The summed E-state index contributed by atoms with van der Waals surface area (Å²) in [5.74, 6) is 2.97. The molecular weight excluding hydrogens is 384 g/mol. The van der Waals surface area contributed by atoms with Crippen LogP contribution in [0.4, 0.5) is 5.69 Å². The van der Waals surface area contributed by atoms with Crippen LogP contribution in [0.25, 0.3) is 0 Å². The van der Waals surface area contributed by atoms with Crippen LogP contribution < -0.4 is 30.2 Å². The maximum absolute atomic E-state index is 12.0. The van der Waals surface area contributed by atoms with Gasteiger partial charge in [-0.25, -0.2) is 0 Å². The van der Waals surface area contributed by atoms with Gasteiger partial charge in [0.05, 0.1) is 13.1 Å². The molecule has 2 aliphatic heterocycles. The summed E-state index contributed by atoms with van der Waals surface area (Å²) in [6, 6.07) is 13.4. The van der Waals surface area contributed by atoms with Crippen molar-refractivity contribution in [1.82, 2.24) is 10.6 Å². The van der Waals surface area contributed by atoms with Crippen molar-refractivity contribution in [2.24, 2.45) is 4.99 Å². The van der Waals surface area contributed by atoms with E-state index in [0.29, 0.717) is 37.8 Å². The largest absolute Gasteiger partial charge is 0.492 e. The van der Waals surface area contributed by atoms with Crippen LogP contribution in [0.5, 0.6) is 17.2 Å². The SMILES string of the molecule is CCNC(=NCC1CC(=O)Nc2ccccc21)NCCOc1ccc2c(c1)OCO2. The minimum absolute atomic E-state index is 0.0315. The lowest BCUT2D eigenvalue weighted by Crippen LogP contribution is -2.39. The highest BCUT2D eigenvalue weighted by Gasteiger charge is 2.24. The molecule has 2 aromatic carbocycles. The van der Waals surface area contributed by atoms with Gasteiger partial charge in [0.2, 0.25) is 12.7 Å². The number of hydrogen-bond acceptors (Lipinski definition) is 5. The fourth-order valence-corrected chi connectivity index (χ4v) is 3.51. The molecule has 2 heterocycles. The van der Waals surface area contributed by atoms with E-state index in [1.165, 1.54) is 0 Å². The van der Waals surface area contributed by atoms with Crippen molar-refractivity contribution >= 4 is 17.6 Å². The molecule has 1 unspecified atom stereocenters. The Balaban J connectivity index is 1.30. The Morgan fingerprint density at radius 1 is 1.20 bits per heavy atom. The molecule has 2 aromatic rings. The molecule has 0 aromatic heterocycles. The number of para-hydroxylation sites is 1. The van der Waals surface area contributed by atoms with Crippen LogP contribution >= 0.6 is 0 Å². The average molecular weight is 410 g/mol. The van der Waals surface area contributed by atoms with E-state index in [9.17, 15) is 4.79 Å². The number of ether oxygens (including phenoxy) is 3. The Bertz CT molecular complexity index is 931. The minimum Gasteiger partial charge on any atom is -0.492 e. The molecule has 1 atom stereocenters. The Labute approximate surface area is 175 Å².